The van der Waals surface area contributed by atoms with E-state index in [9.17, 15) is 14.4 Å². The summed E-state index contributed by atoms with van der Waals surface area (Å²) in [5, 5.41) is 2.95. The lowest BCUT2D eigenvalue weighted by Gasteiger charge is -2.25. The van der Waals surface area contributed by atoms with Crippen LogP contribution in [0.3, 0.4) is 0 Å². The Morgan fingerprint density at radius 2 is 1.66 bits per heavy atom. The number of esters is 1. The lowest BCUT2D eigenvalue weighted by Crippen LogP contribution is -2.40. The molecule has 0 saturated carbocycles. The first-order valence-corrected chi connectivity index (χ1v) is 12.8. The molecular weight excluding hydrogens is 498 g/mol. The fourth-order valence-corrected chi connectivity index (χ4v) is 5.43. The molecule has 0 bridgehead atoms. The molecule has 0 aliphatic carbocycles. The molecule has 0 saturated heterocycles. The second kappa shape index (κ2) is 10.4. The number of benzene rings is 3. The molecule has 1 aliphatic heterocycles. The number of nitrogens with one attached hydrogen (secondary N) is 1. The zero-order valence-corrected chi connectivity index (χ0v) is 21.9. The normalized spacial score (nSPS) is 15.0. The van der Waals surface area contributed by atoms with Crippen LogP contribution in [-0.4, -0.2) is 23.6 Å². The van der Waals surface area contributed by atoms with E-state index in [1.165, 1.54) is 18.4 Å². The maximum absolute atomic E-state index is 13.8. The summed E-state index contributed by atoms with van der Waals surface area (Å²) in [5.74, 6) is -0.735. The third-order valence-electron chi connectivity index (χ3n) is 6.32. The Kier molecular flexibility index (Phi) is 6.89. The lowest BCUT2D eigenvalue weighted by atomic mass is 9.94. The molecule has 0 spiro atoms. The maximum atomic E-state index is 13.8. The molecular formula is C30H25N3O4S. The number of para-hydroxylation sites is 1. The Hall–Kier alpha value is -4.56. The van der Waals surface area contributed by atoms with Crippen molar-refractivity contribution in [3.8, 4) is 0 Å². The highest BCUT2D eigenvalue weighted by Crippen LogP contribution is 2.31. The van der Waals surface area contributed by atoms with Gasteiger partial charge in [0.15, 0.2) is 4.80 Å². The van der Waals surface area contributed by atoms with Gasteiger partial charge in [-0.2, -0.15) is 0 Å². The number of hydrogen-bond acceptors (Lipinski definition) is 6. The van der Waals surface area contributed by atoms with E-state index in [-0.39, 0.29) is 11.5 Å². The maximum Gasteiger partial charge on any atom is 0.337 e. The Balaban J connectivity index is 1.62. The number of fused-ring (bicyclic) bond motifs is 1. The minimum Gasteiger partial charge on any atom is -0.465 e. The lowest BCUT2D eigenvalue weighted by molar-refractivity contribution is -0.113. The fourth-order valence-electron chi connectivity index (χ4n) is 4.38. The summed E-state index contributed by atoms with van der Waals surface area (Å²) < 4.78 is 6.83. The number of carbonyl (C=O) groups is 2. The van der Waals surface area contributed by atoms with Gasteiger partial charge >= 0.3 is 5.97 Å². The number of amides is 1. The molecule has 1 amide bonds. The number of aryl methyl sites for hydroxylation is 1. The minimum absolute atomic E-state index is 0.242. The molecule has 0 unspecified atom stereocenters. The van der Waals surface area contributed by atoms with Gasteiger partial charge in [0.05, 0.1) is 34.5 Å². The number of anilines is 1. The van der Waals surface area contributed by atoms with Crippen molar-refractivity contribution in [2.75, 3.05) is 12.4 Å². The zero-order valence-electron chi connectivity index (χ0n) is 21.1. The van der Waals surface area contributed by atoms with Gasteiger partial charge in [0.2, 0.25) is 0 Å². The molecule has 1 aromatic heterocycles. The average Bonchev–Trinajstić information content (AvgIpc) is 3.23. The number of nitrogens with zero attached hydrogens (tertiary/aromatic N) is 2. The Bertz CT molecular complexity index is 1730. The van der Waals surface area contributed by atoms with Crippen LogP contribution in [0.4, 0.5) is 5.69 Å². The Labute approximate surface area is 223 Å². The number of allylic oxidation sites excluding steroid dienone is 1. The van der Waals surface area contributed by atoms with Crippen LogP contribution in [0, 0.1) is 6.92 Å². The second-order valence-electron chi connectivity index (χ2n) is 8.93. The Morgan fingerprint density at radius 1 is 0.974 bits per heavy atom. The van der Waals surface area contributed by atoms with Gasteiger partial charge in [-0.05, 0) is 55.3 Å². The summed E-state index contributed by atoms with van der Waals surface area (Å²) in [5.41, 5.74) is 4.47. The van der Waals surface area contributed by atoms with Gasteiger partial charge < -0.3 is 10.1 Å². The van der Waals surface area contributed by atoms with Gasteiger partial charge in [-0.1, -0.05) is 71.5 Å². The number of hydrogen-bond donors (Lipinski definition) is 1. The van der Waals surface area contributed by atoms with Crippen LogP contribution in [-0.2, 0) is 9.53 Å². The standard InChI is InChI=1S/C30H25N3O4S/c1-18-9-13-21(14-10-18)26-25(27(34)32-23-7-5-4-6-8-23)19(2)31-30-33(26)28(35)24(38-30)17-20-11-15-22(16-12-20)29(36)37-3/h4-17,26H,1-3H3,(H,32,34)/b24-17-/t26-/m0/s1. The summed E-state index contributed by atoms with van der Waals surface area (Å²) in [6.07, 6.45) is 1.76. The van der Waals surface area contributed by atoms with Crippen molar-refractivity contribution in [3.05, 3.63) is 132 Å². The molecule has 8 heteroatoms. The number of ether oxygens (including phenoxy) is 1. The van der Waals surface area contributed by atoms with Crippen LogP contribution in [0.5, 0.6) is 0 Å². The van der Waals surface area contributed by atoms with Crippen molar-refractivity contribution in [2.45, 2.75) is 19.9 Å². The van der Waals surface area contributed by atoms with Crippen molar-refractivity contribution in [2.24, 2.45) is 4.99 Å². The summed E-state index contributed by atoms with van der Waals surface area (Å²) in [4.78, 5) is 44.3. The first-order valence-electron chi connectivity index (χ1n) is 12.0. The molecule has 38 heavy (non-hydrogen) atoms. The number of thiazole rings is 1. The topological polar surface area (TPSA) is 89.8 Å². The van der Waals surface area contributed by atoms with Crippen LogP contribution in [0.25, 0.3) is 6.08 Å². The van der Waals surface area contributed by atoms with E-state index in [2.05, 4.69) is 10.3 Å². The van der Waals surface area contributed by atoms with Gasteiger partial charge in [0, 0.05) is 5.69 Å². The first kappa shape index (κ1) is 25.1. The molecule has 1 aliphatic rings. The molecule has 2 heterocycles. The molecule has 4 aromatic rings. The van der Waals surface area contributed by atoms with Crippen LogP contribution in [0.2, 0.25) is 0 Å². The van der Waals surface area contributed by atoms with E-state index in [1.54, 1.807) is 41.8 Å². The van der Waals surface area contributed by atoms with E-state index in [0.29, 0.717) is 31.9 Å². The van der Waals surface area contributed by atoms with Crippen LogP contribution in [0.1, 0.15) is 40.0 Å². The first-order chi connectivity index (χ1) is 18.4. The predicted molar refractivity (Wildman–Crippen MR) is 148 cm³/mol. The van der Waals surface area contributed by atoms with E-state index >= 15 is 0 Å². The summed E-state index contributed by atoms with van der Waals surface area (Å²) >= 11 is 1.27. The SMILES string of the molecule is COC(=O)c1ccc(/C=c2\sc3n(c2=O)[C@@H](c2ccc(C)cc2)C(C(=O)Nc2ccccc2)=C(C)N=3)cc1. The highest BCUT2D eigenvalue weighted by Gasteiger charge is 2.32. The minimum atomic E-state index is -0.639. The van der Waals surface area contributed by atoms with Gasteiger partial charge in [-0.15, -0.1) is 0 Å². The smallest absolute Gasteiger partial charge is 0.337 e. The summed E-state index contributed by atoms with van der Waals surface area (Å²) in [6.45, 7) is 3.79. The third kappa shape index (κ3) is 4.86. The van der Waals surface area contributed by atoms with E-state index in [4.69, 9.17) is 4.74 Å². The molecule has 0 fully saturated rings. The highest BCUT2D eigenvalue weighted by molar-refractivity contribution is 7.07. The molecule has 190 valence electrons. The largest absolute Gasteiger partial charge is 0.465 e. The van der Waals surface area contributed by atoms with Crippen molar-refractivity contribution < 1.29 is 14.3 Å². The van der Waals surface area contributed by atoms with Crippen LogP contribution < -0.4 is 20.2 Å². The molecule has 1 atom stereocenters. The Morgan fingerprint density at radius 3 is 2.32 bits per heavy atom. The third-order valence-corrected chi connectivity index (χ3v) is 7.30. The van der Waals surface area contributed by atoms with Gasteiger partial charge in [0.1, 0.15) is 0 Å². The summed E-state index contributed by atoms with van der Waals surface area (Å²) in [7, 11) is 1.33. The van der Waals surface area contributed by atoms with E-state index < -0.39 is 12.0 Å². The van der Waals surface area contributed by atoms with Crippen molar-refractivity contribution in [1.29, 1.82) is 0 Å². The number of methoxy groups -OCH3 is 1. The van der Waals surface area contributed by atoms with Crippen molar-refractivity contribution >= 4 is 35.0 Å². The molecule has 5 rings (SSSR count). The average molecular weight is 524 g/mol. The number of aromatic nitrogens is 1. The van der Waals surface area contributed by atoms with E-state index in [1.807, 2.05) is 61.5 Å². The second-order valence-corrected chi connectivity index (χ2v) is 9.94. The van der Waals surface area contributed by atoms with E-state index in [0.717, 1.165) is 16.7 Å². The highest BCUT2D eigenvalue weighted by atomic mass is 32.1. The molecule has 3 aromatic carbocycles. The van der Waals surface area contributed by atoms with Crippen LogP contribution >= 0.6 is 11.3 Å². The monoisotopic (exact) mass is 523 g/mol. The van der Waals surface area contributed by atoms with Gasteiger partial charge in [-0.25, -0.2) is 9.79 Å². The number of carbonyl (C=O) groups excluding carboxylic acids is 2. The van der Waals surface area contributed by atoms with Gasteiger partial charge in [-0.3, -0.25) is 14.2 Å². The van der Waals surface area contributed by atoms with Gasteiger partial charge in [0.25, 0.3) is 11.5 Å². The summed E-state index contributed by atoms with van der Waals surface area (Å²) in [6, 6.07) is 23.2. The fraction of sp³-hybridized carbons (Fsp3) is 0.133. The number of rotatable bonds is 5. The predicted octanol–water partition coefficient (Wildman–Crippen LogP) is 3.97. The molecule has 7 nitrogen and oxygen atoms in total. The van der Waals surface area contributed by atoms with Crippen LogP contribution in [0.15, 0.2) is 99.9 Å². The van der Waals surface area contributed by atoms with Crippen molar-refractivity contribution in [1.82, 2.24) is 4.57 Å². The zero-order chi connectivity index (χ0) is 26.8. The van der Waals surface area contributed by atoms with Crippen molar-refractivity contribution in [3.63, 3.8) is 0 Å². The molecule has 0 radical (unpaired) electrons. The molecule has 1 N–H and O–H groups in total. The quantitative estimate of drug-likeness (QED) is 0.401.